The number of halogens is 1. The summed E-state index contributed by atoms with van der Waals surface area (Å²) in [5.74, 6) is -0.394. The van der Waals surface area contributed by atoms with E-state index in [1.807, 2.05) is 25.2 Å². The number of aromatic nitrogens is 3. The molecule has 1 fully saturated rings. The molecule has 4 aromatic rings. The second kappa shape index (κ2) is 10.9. The highest BCUT2D eigenvalue weighted by Gasteiger charge is 2.28. The van der Waals surface area contributed by atoms with Crippen molar-refractivity contribution in [3.8, 4) is 17.1 Å². The number of amides is 1. The van der Waals surface area contributed by atoms with E-state index in [-0.39, 0.29) is 35.6 Å². The number of piperazine rings is 1. The number of nitrogens with zero attached hydrogens (tertiary/aromatic N) is 4. The van der Waals surface area contributed by atoms with Crippen LogP contribution in [0.2, 0.25) is 0 Å². The van der Waals surface area contributed by atoms with Crippen molar-refractivity contribution in [1.29, 1.82) is 0 Å². The first-order valence-corrected chi connectivity index (χ1v) is 12.9. The van der Waals surface area contributed by atoms with E-state index in [9.17, 15) is 18.3 Å². The summed E-state index contributed by atoms with van der Waals surface area (Å²) in [6.45, 7) is 2.48. The number of nitrogens with one attached hydrogen (secondary N) is 2. The van der Waals surface area contributed by atoms with E-state index in [0.717, 1.165) is 5.69 Å². The van der Waals surface area contributed by atoms with E-state index in [1.54, 1.807) is 30.5 Å². The normalized spacial score (nSPS) is 14.8. The highest BCUT2D eigenvalue weighted by Crippen LogP contribution is 2.36. The summed E-state index contributed by atoms with van der Waals surface area (Å²) in [4.78, 5) is 26.4. The molecule has 1 aromatic carbocycles. The van der Waals surface area contributed by atoms with Crippen molar-refractivity contribution in [2.75, 3.05) is 33.2 Å². The number of benzene rings is 1. The lowest BCUT2D eigenvalue weighted by Crippen LogP contribution is -2.47. The van der Waals surface area contributed by atoms with E-state index in [2.05, 4.69) is 25.2 Å². The summed E-state index contributed by atoms with van der Waals surface area (Å²) in [5, 5.41) is 14.0. The number of hydrogen-bond donors (Lipinski definition) is 3. The monoisotopic (exact) mass is 542 g/mol. The van der Waals surface area contributed by atoms with Gasteiger partial charge in [0.05, 0.1) is 23.5 Å². The smallest absolute Gasteiger partial charge is 0.251 e. The fraction of sp³-hybridized carbons (Fsp3) is 0.240. The maximum atomic E-state index is 13.0. The minimum absolute atomic E-state index is 0. The van der Waals surface area contributed by atoms with Crippen molar-refractivity contribution in [3.05, 3.63) is 72.2 Å². The molecular formula is C25H27ClN6O4S. The van der Waals surface area contributed by atoms with E-state index in [4.69, 9.17) is 0 Å². The first kappa shape index (κ1) is 26.6. The molecule has 0 unspecified atom stereocenters. The molecule has 1 saturated heterocycles. The zero-order valence-corrected chi connectivity index (χ0v) is 21.7. The van der Waals surface area contributed by atoms with Gasteiger partial charge in [-0.2, -0.15) is 4.31 Å². The second-order valence-corrected chi connectivity index (χ2v) is 10.6. The average molecular weight is 543 g/mol. The Morgan fingerprint density at radius 3 is 2.54 bits per heavy atom. The molecule has 0 spiro atoms. The number of hydrogen-bond acceptors (Lipinski definition) is 7. The number of aromatic hydroxyl groups is 1. The largest absolute Gasteiger partial charge is 0.494 e. The van der Waals surface area contributed by atoms with Gasteiger partial charge in [0.25, 0.3) is 5.91 Å². The van der Waals surface area contributed by atoms with Gasteiger partial charge in [-0.15, -0.1) is 12.4 Å². The maximum absolute atomic E-state index is 13.0. The van der Waals surface area contributed by atoms with Crippen LogP contribution in [0.15, 0.2) is 65.8 Å². The first-order valence-electron chi connectivity index (χ1n) is 11.5. The molecule has 0 saturated carbocycles. The Labute approximate surface area is 220 Å². The Kier molecular flexibility index (Phi) is 7.79. The van der Waals surface area contributed by atoms with Crippen molar-refractivity contribution >= 4 is 39.2 Å². The summed E-state index contributed by atoms with van der Waals surface area (Å²) < 4.78 is 27.5. The molecule has 3 N–H and O–H groups in total. The maximum Gasteiger partial charge on any atom is 0.251 e. The second-order valence-electron chi connectivity index (χ2n) is 8.70. The lowest BCUT2D eigenvalue weighted by molar-refractivity contribution is 0.0950. The SMILES string of the molecule is CN1CCN(S(=O)(=O)c2ccc(-c3c(O)[nH]c4ccc(C(=O)NCc5ccccn5)cc34)nc2)CC1.Cl. The van der Waals surface area contributed by atoms with Crippen molar-refractivity contribution in [2.45, 2.75) is 11.4 Å². The quantitative estimate of drug-likeness (QED) is 0.341. The van der Waals surface area contributed by atoms with Gasteiger partial charge in [0.1, 0.15) is 4.90 Å². The highest BCUT2D eigenvalue weighted by molar-refractivity contribution is 7.89. The molecule has 194 valence electrons. The van der Waals surface area contributed by atoms with Crippen LogP contribution in [0.4, 0.5) is 0 Å². The Morgan fingerprint density at radius 1 is 1.08 bits per heavy atom. The molecule has 10 nitrogen and oxygen atoms in total. The van der Waals surface area contributed by atoms with Crippen LogP contribution in [0.3, 0.4) is 0 Å². The minimum atomic E-state index is -3.66. The molecule has 1 aliphatic heterocycles. The summed E-state index contributed by atoms with van der Waals surface area (Å²) in [6.07, 6.45) is 2.97. The Morgan fingerprint density at radius 2 is 1.86 bits per heavy atom. The number of pyridine rings is 2. The molecule has 0 atom stereocenters. The van der Waals surface area contributed by atoms with Gasteiger partial charge >= 0.3 is 0 Å². The molecule has 0 aliphatic carbocycles. The summed E-state index contributed by atoms with van der Waals surface area (Å²) >= 11 is 0. The van der Waals surface area contributed by atoms with E-state index < -0.39 is 10.0 Å². The zero-order chi connectivity index (χ0) is 25.3. The third-order valence-corrected chi connectivity index (χ3v) is 8.17. The lowest BCUT2D eigenvalue weighted by Gasteiger charge is -2.31. The van der Waals surface area contributed by atoms with Gasteiger partial charge in [-0.25, -0.2) is 8.42 Å². The summed E-state index contributed by atoms with van der Waals surface area (Å²) in [6, 6.07) is 13.6. The van der Waals surface area contributed by atoms with Crippen LogP contribution in [0.1, 0.15) is 16.1 Å². The van der Waals surface area contributed by atoms with Crippen molar-refractivity contribution in [2.24, 2.45) is 0 Å². The van der Waals surface area contributed by atoms with Crippen LogP contribution in [0.5, 0.6) is 5.88 Å². The number of rotatable bonds is 6. The molecule has 1 amide bonds. The highest BCUT2D eigenvalue weighted by atomic mass is 35.5. The van der Waals surface area contributed by atoms with Gasteiger partial charge in [-0.3, -0.25) is 14.8 Å². The minimum Gasteiger partial charge on any atom is -0.494 e. The predicted molar refractivity (Wildman–Crippen MR) is 142 cm³/mol. The van der Waals surface area contributed by atoms with Crippen LogP contribution >= 0.6 is 12.4 Å². The Balaban J connectivity index is 0.00000320. The van der Waals surface area contributed by atoms with Gasteiger partial charge < -0.3 is 20.3 Å². The predicted octanol–water partition coefficient (Wildman–Crippen LogP) is 2.62. The Hall–Kier alpha value is -3.51. The molecule has 0 radical (unpaired) electrons. The number of aromatic amines is 1. The van der Waals surface area contributed by atoms with Crippen LogP contribution in [-0.4, -0.2) is 76.8 Å². The molecule has 5 rings (SSSR count). The van der Waals surface area contributed by atoms with Gasteiger partial charge in [0.15, 0.2) is 5.88 Å². The third kappa shape index (κ3) is 5.44. The molecule has 1 aliphatic rings. The number of H-pyrrole nitrogens is 1. The van der Waals surface area contributed by atoms with E-state index >= 15 is 0 Å². The lowest BCUT2D eigenvalue weighted by atomic mass is 10.1. The summed E-state index contributed by atoms with van der Waals surface area (Å²) in [7, 11) is -1.69. The molecule has 12 heteroatoms. The third-order valence-electron chi connectivity index (χ3n) is 6.29. The van der Waals surface area contributed by atoms with Crippen molar-refractivity contribution in [1.82, 2.24) is 29.5 Å². The van der Waals surface area contributed by atoms with Gasteiger partial charge in [-0.1, -0.05) is 6.07 Å². The fourth-order valence-electron chi connectivity index (χ4n) is 4.21. The van der Waals surface area contributed by atoms with Crippen LogP contribution in [-0.2, 0) is 16.6 Å². The number of carbonyl (C=O) groups is 1. The van der Waals surface area contributed by atoms with Gasteiger partial charge in [-0.05, 0) is 49.5 Å². The molecule has 0 bridgehead atoms. The number of carbonyl (C=O) groups excluding carboxylic acids is 1. The molecule has 3 aromatic heterocycles. The van der Waals surface area contributed by atoms with Crippen molar-refractivity contribution in [3.63, 3.8) is 0 Å². The number of likely N-dealkylation sites (N-methyl/N-ethyl adjacent to an activating group) is 1. The van der Waals surface area contributed by atoms with E-state index in [0.29, 0.717) is 53.9 Å². The standard InChI is InChI=1S/C25H26N6O4S.ClH/c1-30-10-12-31(13-11-30)36(34,35)19-6-8-22(27-16-19)23-20-14-17(5-7-21(20)29-25(23)33)24(32)28-15-18-4-2-3-9-26-18;/h2-9,14,16,29,33H,10-13,15H2,1H3,(H,28,32);1H. The van der Waals surface area contributed by atoms with Gasteiger partial charge in [0, 0.05) is 55.0 Å². The van der Waals surface area contributed by atoms with Crippen LogP contribution < -0.4 is 5.32 Å². The topological polar surface area (TPSA) is 132 Å². The van der Waals surface area contributed by atoms with Crippen LogP contribution in [0.25, 0.3) is 22.2 Å². The van der Waals surface area contributed by atoms with Crippen molar-refractivity contribution < 1.29 is 18.3 Å². The first-order chi connectivity index (χ1) is 17.3. The van der Waals surface area contributed by atoms with E-state index in [1.165, 1.54) is 16.6 Å². The molecular weight excluding hydrogens is 516 g/mol. The van der Waals surface area contributed by atoms with Crippen LogP contribution in [0, 0.1) is 0 Å². The Bertz CT molecular complexity index is 1500. The average Bonchev–Trinajstić information content (AvgIpc) is 3.23. The zero-order valence-electron chi connectivity index (χ0n) is 20.1. The fourth-order valence-corrected chi connectivity index (χ4v) is 5.58. The summed E-state index contributed by atoms with van der Waals surface area (Å²) in [5.41, 5.74) is 2.56. The number of fused-ring (bicyclic) bond motifs is 1. The number of sulfonamides is 1. The molecule has 4 heterocycles. The molecule has 37 heavy (non-hydrogen) atoms. The van der Waals surface area contributed by atoms with Gasteiger partial charge in [0.2, 0.25) is 10.0 Å².